The average molecular weight is 440 g/mol. The predicted molar refractivity (Wildman–Crippen MR) is 120 cm³/mol. The van der Waals surface area contributed by atoms with E-state index in [1.54, 1.807) is 24.3 Å². The second-order valence-electron chi connectivity index (χ2n) is 8.37. The lowest BCUT2D eigenvalue weighted by Crippen LogP contribution is -2.42. The molecule has 4 rings (SSSR count). The van der Waals surface area contributed by atoms with E-state index in [1.165, 1.54) is 16.5 Å². The summed E-state index contributed by atoms with van der Waals surface area (Å²) in [5.74, 6) is -0.176. The predicted octanol–water partition coefficient (Wildman–Crippen LogP) is 3.75. The molecule has 0 aliphatic carbocycles. The molecule has 7 heteroatoms. The minimum Gasteiger partial charge on any atom is -0.422 e. The monoisotopic (exact) mass is 439 g/mol. The van der Waals surface area contributed by atoms with Crippen LogP contribution >= 0.6 is 0 Å². The molecular weight excluding hydrogens is 414 g/mol. The van der Waals surface area contributed by atoms with Crippen molar-refractivity contribution in [2.75, 3.05) is 11.5 Å². The molecule has 1 aliphatic rings. The molecule has 3 aromatic rings. The second kappa shape index (κ2) is 8.30. The highest BCUT2D eigenvalue weighted by Gasteiger charge is 2.36. The number of carbonyl (C=O) groups excluding carboxylic acids is 1. The summed E-state index contributed by atoms with van der Waals surface area (Å²) in [4.78, 5) is 27.5. The van der Waals surface area contributed by atoms with Crippen LogP contribution in [0.15, 0.2) is 63.8 Å². The van der Waals surface area contributed by atoms with Crippen LogP contribution in [0.3, 0.4) is 0 Å². The van der Waals surface area contributed by atoms with Gasteiger partial charge in [0.25, 0.3) is 5.91 Å². The molecule has 2 heterocycles. The molecule has 6 nitrogen and oxygen atoms in total. The highest BCUT2D eigenvalue weighted by molar-refractivity contribution is 7.91. The molecule has 31 heavy (non-hydrogen) atoms. The summed E-state index contributed by atoms with van der Waals surface area (Å²) in [6, 6.07) is 16.0. The van der Waals surface area contributed by atoms with E-state index in [0.717, 1.165) is 5.56 Å². The van der Waals surface area contributed by atoms with Crippen molar-refractivity contribution in [1.82, 2.24) is 4.90 Å². The Hall–Kier alpha value is -2.93. The summed E-state index contributed by atoms with van der Waals surface area (Å²) in [5.41, 5.74) is 1.67. The van der Waals surface area contributed by atoms with Crippen LogP contribution in [0.5, 0.6) is 0 Å². The van der Waals surface area contributed by atoms with Crippen LogP contribution in [0, 0.1) is 0 Å². The topological polar surface area (TPSA) is 84.7 Å². The third-order valence-corrected chi connectivity index (χ3v) is 7.53. The normalized spacial score (nSPS) is 17.8. The van der Waals surface area contributed by atoms with E-state index < -0.39 is 27.4 Å². The maximum Gasteiger partial charge on any atom is 0.349 e. The Kier molecular flexibility index (Phi) is 5.71. The van der Waals surface area contributed by atoms with Gasteiger partial charge in [-0.15, -0.1) is 0 Å². The van der Waals surface area contributed by atoms with Gasteiger partial charge in [-0.3, -0.25) is 4.79 Å². The van der Waals surface area contributed by atoms with Crippen molar-refractivity contribution in [1.29, 1.82) is 0 Å². The molecule has 0 saturated carbocycles. The number of nitrogens with zero attached hydrogens (tertiary/aromatic N) is 1. The number of amides is 1. The zero-order valence-electron chi connectivity index (χ0n) is 17.6. The van der Waals surface area contributed by atoms with Crippen LogP contribution in [0.2, 0.25) is 0 Å². The lowest BCUT2D eigenvalue weighted by Gasteiger charge is -2.28. The van der Waals surface area contributed by atoms with Crippen LogP contribution in [-0.4, -0.2) is 36.8 Å². The van der Waals surface area contributed by atoms with Gasteiger partial charge in [0.05, 0.1) is 11.5 Å². The van der Waals surface area contributed by atoms with Gasteiger partial charge in [-0.1, -0.05) is 56.3 Å². The number of benzene rings is 2. The fourth-order valence-corrected chi connectivity index (χ4v) is 5.69. The number of fused-ring (bicyclic) bond motifs is 1. The van der Waals surface area contributed by atoms with Crippen LogP contribution in [0.1, 0.15) is 47.7 Å². The summed E-state index contributed by atoms with van der Waals surface area (Å²) in [6.45, 7) is 4.43. The van der Waals surface area contributed by atoms with E-state index in [1.807, 2.05) is 24.3 Å². The molecule has 1 amide bonds. The molecule has 2 aromatic carbocycles. The zero-order valence-corrected chi connectivity index (χ0v) is 18.4. The Labute approximate surface area is 181 Å². The molecular formula is C24H25NO5S. The van der Waals surface area contributed by atoms with Gasteiger partial charge in [0.1, 0.15) is 11.1 Å². The largest absolute Gasteiger partial charge is 0.422 e. The highest BCUT2D eigenvalue weighted by atomic mass is 32.2. The first-order chi connectivity index (χ1) is 14.7. The van der Waals surface area contributed by atoms with Crippen molar-refractivity contribution < 1.29 is 17.6 Å². The number of rotatable bonds is 5. The second-order valence-corrected chi connectivity index (χ2v) is 10.6. The fourth-order valence-electron chi connectivity index (χ4n) is 3.96. The van der Waals surface area contributed by atoms with Crippen LogP contribution in [0.25, 0.3) is 11.0 Å². The van der Waals surface area contributed by atoms with Crippen molar-refractivity contribution in [3.8, 4) is 0 Å². The minimum absolute atomic E-state index is 0.0417. The maximum atomic E-state index is 13.5. The molecule has 0 spiro atoms. The molecule has 0 radical (unpaired) electrons. The van der Waals surface area contributed by atoms with E-state index in [-0.39, 0.29) is 23.6 Å². The summed E-state index contributed by atoms with van der Waals surface area (Å²) in [6.07, 6.45) is 0.358. The third-order valence-electron chi connectivity index (χ3n) is 5.78. The van der Waals surface area contributed by atoms with Gasteiger partial charge >= 0.3 is 5.63 Å². The Morgan fingerprint density at radius 1 is 1.13 bits per heavy atom. The highest BCUT2D eigenvalue weighted by Crippen LogP contribution is 2.24. The van der Waals surface area contributed by atoms with Gasteiger partial charge in [0.2, 0.25) is 0 Å². The van der Waals surface area contributed by atoms with Gasteiger partial charge < -0.3 is 9.32 Å². The van der Waals surface area contributed by atoms with E-state index in [4.69, 9.17) is 4.42 Å². The van der Waals surface area contributed by atoms with E-state index in [0.29, 0.717) is 23.3 Å². The van der Waals surface area contributed by atoms with E-state index in [2.05, 4.69) is 13.8 Å². The first-order valence-corrected chi connectivity index (χ1v) is 12.2. The number of hydrogen-bond acceptors (Lipinski definition) is 5. The van der Waals surface area contributed by atoms with Gasteiger partial charge in [0.15, 0.2) is 9.84 Å². The van der Waals surface area contributed by atoms with Gasteiger partial charge in [-0.25, -0.2) is 13.2 Å². The molecule has 0 unspecified atom stereocenters. The first kappa shape index (κ1) is 21.3. The van der Waals surface area contributed by atoms with Gasteiger partial charge in [0, 0.05) is 18.0 Å². The fraction of sp³-hybridized carbons (Fsp3) is 0.333. The quantitative estimate of drug-likeness (QED) is 0.566. The summed E-state index contributed by atoms with van der Waals surface area (Å²) >= 11 is 0. The van der Waals surface area contributed by atoms with Crippen LogP contribution in [-0.2, 0) is 16.4 Å². The minimum atomic E-state index is -3.21. The van der Waals surface area contributed by atoms with Crippen molar-refractivity contribution in [2.24, 2.45) is 0 Å². The Balaban J connectivity index is 1.71. The lowest BCUT2D eigenvalue weighted by atomic mass is 10.0. The zero-order chi connectivity index (χ0) is 22.2. The number of carbonyl (C=O) groups is 1. The van der Waals surface area contributed by atoms with Crippen molar-refractivity contribution >= 4 is 26.7 Å². The molecule has 0 bridgehead atoms. The Bertz CT molecular complexity index is 1280. The van der Waals surface area contributed by atoms with Crippen molar-refractivity contribution in [3.05, 3.63) is 81.7 Å². The van der Waals surface area contributed by atoms with Crippen molar-refractivity contribution in [2.45, 2.75) is 38.8 Å². The molecule has 1 atom stereocenters. The molecule has 162 valence electrons. The average Bonchev–Trinajstić information content (AvgIpc) is 3.10. The SMILES string of the molecule is CC(C)c1ccc(CN(C(=O)c2cc3ccccc3oc2=O)[C@H]2CCS(=O)(=O)C2)cc1. The molecule has 0 N–H and O–H groups in total. The third kappa shape index (κ3) is 4.56. The summed E-state index contributed by atoms with van der Waals surface area (Å²) in [7, 11) is -3.21. The lowest BCUT2D eigenvalue weighted by molar-refractivity contribution is 0.0676. The smallest absolute Gasteiger partial charge is 0.349 e. The van der Waals surface area contributed by atoms with E-state index in [9.17, 15) is 18.0 Å². The number of sulfone groups is 1. The molecule has 1 fully saturated rings. The maximum absolute atomic E-state index is 13.5. The van der Waals surface area contributed by atoms with Crippen molar-refractivity contribution in [3.63, 3.8) is 0 Å². The van der Waals surface area contributed by atoms with Crippen LogP contribution in [0.4, 0.5) is 0 Å². The first-order valence-electron chi connectivity index (χ1n) is 10.4. The van der Waals surface area contributed by atoms with E-state index >= 15 is 0 Å². The summed E-state index contributed by atoms with van der Waals surface area (Å²) < 4.78 is 29.5. The summed E-state index contributed by atoms with van der Waals surface area (Å²) in [5, 5.41) is 0.644. The molecule has 1 aliphatic heterocycles. The number of hydrogen-bond donors (Lipinski definition) is 0. The van der Waals surface area contributed by atoms with Gasteiger partial charge in [-0.05, 0) is 35.6 Å². The molecule has 1 aromatic heterocycles. The Morgan fingerprint density at radius 3 is 2.48 bits per heavy atom. The standard InChI is InChI=1S/C24H25NO5S/c1-16(2)18-9-7-17(8-10-18)14-25(20-11-12-31(28,29)15-20)23(26)21-13-19-5-3-4-6-22(19)30-24(21)27/h3-10,13,16,20H,11-12,14-15H2,1-2H3/t20-/m0/s1. The van der Waals surface area contributed by atoms with Gasteiger partial charge in [-0.2, -0.15) is 0 Å². The molecule has 1 saturated heterocycles. The number of para-hydroxylation sites is 1. The Morgan fingerprint density at radius 2 is 1.84 bits per heavy atom. The van der Waals surface area contributed by atoms with Crippen LogP contribution < -0.4 is 5.63 Å².